The monoisotopic (exact) mass is 422 g/mol. The second kappa shape index (κ2) is 7.69. The van der Waals surface area contributed by atoms with Gasteiger partial charge >= 0.3 is 0 Å². The van der Waals surface area contributed by atoms with Crippen LogP contribution in [-0.2, 0) is 14.9 Å². The number of nitrogen functional groups attached to an aromatic ring is 1. The van der Waals surface area contributed by atoms with Gasteiger partial charge in [-0.3, -0.25) is 9.35 Å². The van der Waals surface area contributed by atoms with Crippen LogP contribution in [0.3, 0.4) is 0 Å². The Morgan fingerprint density at radius 2 is 1.93 bits per heavy atom. The van der Waals surface area contributed by atoms with Crippen molar-refractivity contribution in [1.82, 2.24) is 5.32 Å². The highest BCUT2D eigenvalue weighted by Gasteiger charge is 2.34. The standard InChI is InChI=1S/C18H15ClN2O4S2/c19-12-3-6-16-14(9-12)15(10-26-16)17(27(23,24)25)18(22)21-8-7-11-1-4-13(20)5-2-11/h1-10,17H,20H2,(H,21,22)(H,23,24,25)/b8-7+. The topological polar surface area (TPSA) is 109 Å². The van der Waals surface area contributed by atoms with E-state index in [-0.39, 0.29) is 5.56 Å². The Kier molecular flexibility index (Phi) is 5.52. The van der Waals surface area contributed by atoms with E-state index in [4.69, 9.17) is 17.3 Å². The van der Waals surface area contributed by atoms with Crippen LogP contribution in [0.1, 0.15) is 16.4 Å². The molecule has 0 radical (unpaired) electrons. The lowest BCUT2D eigenvalue weighted by molar-refractivity contribution is -0.119. The molecule has 1 aromatic heterocycles. The molecule has 6 nitrogen and oxygen atoms in total. The van der Waals surface area contributed by atoms with E-state index in [1.165, 1.54) is 22.9 Å². The third-order valence-corrected chi connectivity index (χ3v) is 6.10. The number of thiophene rings is 1. The third kappa shape index (κ3) is 4.48. The van der Waals surface area contributed by atoms with Gasteiger partial charge in [0.15, 0.2) is 5.25 Å². The van der Waals surface area contributed by atoms with Gasteiger partial charge in [-0.2, -0.15) is 8.42 Å². The zero-order valence-corrected chi connectivity index (χ0v) is 16.2. The highest BCUT2D eigenvalue weighted by atomic mass is 35.5. The maximum absolute atomic E-state index is 12.5. The summed E-state index contributed by atoms with van der Waals surface area (Å²) in [4.78, 5) is 12.5. The molecule has 0 aliphatic heterocycles. The maximum Gasteiger partial charge on any atom is 0.281 e. The third-order valence-electron chi connectivity index (χ3n) is 3.82. The number of nitrogens with one attached hydrogen (secondary N) is 1. The van der Waals surface area contributed by atoms with Crippen molar-refractivity contribution in [2.45, 2.75) is 5.25 Å². The van der Waals surface area contributed by atoms with Crippen LogP contribution < -0.4 is 11.1 Å². The number of carbonyl (C=O) groups excluding carboxylic acids is 1. The number of carbonyl (C=O) groups is 1. The molecule has 1 atom stereocenters. The average Bonchev–Trinajstić information content (AvgIpc) is 2.98. The molecule has 0 saturated heterocycles. The van der Waals surface area contributed by atoms with Gasteiger partial charge in [0.2, 0.25) is 5.91 Å². The van der Waals surface area contributed by atoms with E-state index < -0.39 is 21.3 Å². The quantitative estimate of drug-likeness (QED) is 0.427. The van der Waals surface area contributed by atoms with Crippen molar-refractivity contribution in [3.05, 3.63) is 70.2 Å². The largest absolute Gasteiger partial charge is 0.399 e. The molecule has 3 aromatic rings. The zero-order chi connectivity index (χ0) is 19.6. The highest BCUT2D eigenvalue weighted by molar-refractivity contribution is 7.86. The number of amides is 1. The Hall–Kier alpha value is -2.39. The minimum atomic E-state index is -4.69. The van der Waals surface area contributed by atoms with Crippen molar-refractivity contribution in [3.8, 4) is 0 Å². The van der Waals surface area contributed by atoms with E-state index in [0.29, 0.717) is 16.1 Å². The number of hydrogen-bond acceptors (Lipinski definition) is 5. The van der Waals surface area contributed by atoms with Crippen LogP contribution in [0.25, 0.3) is 16.2 Å². The first-order valence-corrected chi connectivity index (χ1v) is 10.5. The Balaban J connectivity index is 1.89. The van der Waals surface area contributed by atoms with Crippen LogP contribution in [0.4, 0.5) is 5.69 Å². The molecule has 0 fully saturated rings. The number of halogens is 1. The summed E-state index contributed by atoms with van der Waals surface area (Å²) >= 11 is 7.24. The lowest BCUT2D eigenvalue weighted by Crippen LogP contribution is -2.30. The van der Waals surface area contributed by atoms with Crippen LogP contribution in [0.15, 0.2) is 54.0 Å². The molecule has 140 valence electrons. The van der Waals surface area contributed by atoms with E-state index in [2.05, 4.69) is 5.32 Å². The first-order chi connectivity index (χ1) is 12.8. The Bertz CT molecular complexity index is 1120. The first-order valence-electron chi connectivity index (χ1n) is 7.71. The summed E-state index contributed by atoms with van der Waals surface area (Å²) in [6.45, 7) is 0. The van der Waals surface area contributed by atoms with Gasteiger partial charge in [-0.05, 0) is 52.7 Å². The SMILES string of the molecule is Nc1ccc(/C=C/NC(=O)C(c2csc3ccc(Cl)cc23)S(=O)(=O)O)cc1. The summed E-state index contributed by atoms with van der Waals surface area (Å²) < 4.78 is 34.2. The molecule has 0 aliphatic carbocycles. The minimum Gasteiger partial charge on any atom is -0.399 e. The molecule has 9 heteroatoms. The molecular weight excluding hydrogens is 408 g/mol. The molecule has 0 aliphatic rings. The molecule has 3 rings (SSSR count). The summed E-state index contributed by atoms with van der Waals surface area (Å²) in [6, 6.07) is 11.8. The molecule has 2 aromatic carbocycles. The van der Waals surface area contributed by atoms with Gasteiger partial charge < -0.3 is 11.1 Å². The van der Waals surface area contributed by atoms with Crippen molar-refractivity contribution < 1.29 is 17.8 Å². The number of anilines is 1. The average molecular weight is 423 g/mol. The second-order valence-corrected chi connectivity index (χ2v) is 8.58. The molecule has 0 spiro atoms. The van der Waals surface area contributed by atoms with Crippen LogP contribution in [0, 0.1) is 0 Å². The predicted molar refractivity (Wildman–Crippen MR) is 109 cm³/mol. The number of hydrogen-bond donors (Lipinski definition) is 3. The van der Waals surface area contributed by atoms with Crippen molar-refractivity contribution in [1.29, 1.82) is 0 Å². The van der Waals surface area contributed by atoms with Crippen LogP contribution >= 0.6 is 22.9 Å². The molecule has 0 saturated carbocycles. The van der Waals surface area contributed by atoms with Gasteiger partial charge in [0.1, 0.15) is 0 Å². The Morgan fingerprint density at radius 1 is 1.22 bits per heavy atom. The molecule has 1 amide bonds. The Labute approximate surface area is 165 Å². The van der Waals surface area contributed by atoms with E-state index >= 15 is 0 Å². The number of rotatable bonds is 5. The van der Waals surface area contributed by atoms with Gasteiger partial charge in [-0.15, -0.1) is 11.3 Å². The summed E-state index contributed by atoms with van der Waals surface area (Å²) in [7, 11) is -4.69. The minimum absolute atomic E-state index is 0.179. The van der Waals surface area contributed by atoms with Crippen molar-refractivity contribution in [2.75, 3.05) is 5.73 Å². The van der Waals surface area contributed by atoms with Gasteiger partial charge in [0.05, 0.1) is 0 Å². The Morgan fingerprint density at radius 3 is 2.59 bits per heavy atom. The van der Waals surface area contributed by atoms with Crippen LogP contribution in [0.5, 0.6) is 0 Å². The van der Waals surface area contributed by atoms with Gasteiger partial charge in [-0.25, -0.2) is 0 Å². The van der Waals surface area contributed by atoms with Gasteiger partial charge in [-0.1, -0.05) is 23.7 Å². The lowest BCUT2D eigenvalue weighted by Gasteiger charge is -2.12. The predicted octanol–water partition coefficient (Wildman–Crippen LogP) is 3.85. The van der Waals surface area contributed by atoms with Crippen molar-refractivity contribution in [3.63, 3.8) is 0 Å². The first kappa shape index (κ1) is 19.4. The maximum atomic E-state index is 12.5. The molecular formula is C18H15ClN2O4S2. The molecule has 1 unspecified atom stereocenters. The van der Waals surface area contributed by atoms with E-state index in [0.717, 1.165) is 10.3 Å². The molecule has 1 heterocycles. The van der Waals surface area contributed by atoms with Crippen molar-refractivity contribution in [2.24, 2.45) is 0 Å². The normalized spacial score (nSPS) is 13.1. The second-order valence-electron chi connectivity index (χ2n) is 5.74. The fourth-order valence-corrected chi connectivity index (χ4v) is 4.64. The summed E-state index contributed by atoms with van der Waals surface area (Å²) in [5, 5.41) is 3.08. The number of benzene rings is 2. The number of nitrogens with two attached hydrogens (primary N) is 1. The van der Waals surface area contributed by atoms with Crippen LogP contribution in [0.2, 0.25) is 5.02 Å². The lowest BCUT2D eigenvalue weighted by atomic mass is 10.1. The van der Waals surface area contributed by atoms with E-state index in [1.807, 2.05) is 0 Å². The highest BCUT2D eigenvalue weighted by Crippen LogP contribution is 2.35. The van der Waals surface area contributed by atoms with Crippen LogP contribution in [-0.4, -0.2) is 18.9 Å². The van der Waals surface area contributed by atoms with E-state index in [1.54, 1.807) is 48.5 Å². The van der Waals surface area contributed by atoms with Gasteiger partial charge in [0.25, 0.3) is 10.1 Å². The molecule has 27 heavy (non-hydrogen) atoms. The number of fused-ring (bicyclic) bond motifs is 1. The molecule has 0 bridgehead atoms. The van der Waals surface area contributed by atoms with Crippen molar-refractivity contribution >= 4 is 60.8 Å². The fourth-order valence-electron chi connectivity index (χ4n) is 2.56. The van der Waals surface area contributed by atoms with E-state index in [9.17, 15) is 17.8 Å². The summed E-state index contributed by atoms with van der Waals surface area (Å²) in [5.74, 6) is -0.871. The smallest absolute Gasteiger partial charge is 0.281 e. The summed E-state index contributed by atoms with van der Waals surface area (Å²) in [5.41, 5.74) is 7.15. The zero-order valence-electron chi connectivity index (χ0n) is 13.8. The molecule has 4 N–H and O–H groups in total. The summed E-state index contributed by atoms with van der Waals surface area (Å²) in [6.07, 6.45) is 2.90. The fraction of sp³-hybridized carbons (Fsp3) is 0.0556. The van der Waals surface area contributed by atoms with Gasteiger partial charge in [0, 0.05) is 27.2 Å².